The van der Waals surface area contributed by atoms with Gasteiger partial charge < -0.3 is 4.74 Å². The van der Waals surface area contributed by atoms with E-state index in [0.717, 1.165) is 0 Å². The third-order valence-electron chi connectivity index (χ3n) is 3.19. The number of halogens is 1. The molecule has 0 radical (unpaired) electrons. The topological polar surface area (TPSA) is 93.2 Å². The molecule has 0 saturated carbocycles. The lowest BCUT2D eigenvalue weighted by molar-refractivity contribution is -0.384. The van der Waals surface area contributed by atoms with E-state index in [4.69, 9.17) is 16.3 Å². The maximum absolute atomic E-state index is 12.5. The first-order valence-electron chi connectivity index (χ1n) is 6.70. The average molecular weight is 343 g/mol. The lowest BCUT2D eigenvalue weighted by Crippen LogP contribution is -2.02. The van der Waals surface area contributed by atoms with Crippen molar-refractivity contribution in [1.29, 1.82) is 5.26 Å². The van der Waals surface area contributed by atoms with Gasteiger partial charge in [0.2, 0.25) is 5.78 Å². The molecule has 0 aliphatic heterocycles. The summed E-state index contributed by atoms with van der Waals surface area (Å²) in [4.78, 5) is 22.7. The quantitative estimate of drug-likeness (QED) is 0.269. The molecule has 120 valence electrons. The number of nitrogens with zero attached hydrogens (tertiary/aromatic N) is 2. The second kappa shape index (κ2) is 7.40. The molecular formula is C17H11ClN2O4. The Morgan fingerprint density at radius 2 is 2.08 bits per heavy atom. The van der Waals surface area contributed by atoms with Gasteiger partial charge in [-0.05, 0) is 24.3 Å². The van der Waals surface area contributed by atoms with Crippen molar-refractivity contribution in [3.05, 3.63) is 74.3 Å². The number of carbonyl (C=O) groups is 1. The number of rotatable bonds is 5. The van der Waals surface area contributed by atoms with Gasteiger partial charge in [-0.2, -0.15) is 5.26 Å². The smallest absolute Gasteiger partial charge is 0.270 e. The number of hydrogen-bond acceptors (Lipinski definition) is 5. The molecule has 0 fully saturated rings. The van der Waals surface area contributed by atoms with Crippen molar-refractivity contribution in [2.75, 3.05) is 7.11 Å². The number of carbonyl (C=O) groups excluding carboxylic acids is 1. The van der Waals surface area contributed by atoms with Gasteiger partial charge in [0.05, 0.1) is 12.0 Å². The third kappa shape index (κ3) is 3.77. The van der Waals surface area contributed by atoms with Crippen molar-refractivity contribution in [1.82, 2.24) is 0 Å². The number of benzene rings is 2. The summed E-state index contributed by atoms with van der Waals surface area (Å²) in [6.45, 7) is 0. The molecule has 2 aromatic carbocycles. The minimum atomic E-state index is -0.580. The van der Waals surface area contributed by atoms with Crippen LogP contribution in [0.2, 0.25) is 5.02 Å². The van der Waals surface area contributed by atoms with Crippen LogP contribution in [0.5, 0.6) is 5.75 Å². The van der Waals surface area contributed by atoms with Crippen molar-refractivity contribution in [2.24, 2.45) is 0 Å². The number of nitro groups is 1. The minimum absolute atomic E-state index is 0.184. The van der Waals surface area contributed by atoms with Gasteiger partial charge in [0.25, 0.3) is 5.69 Å². The minimum Gasteiger partial charge on any atom is -0.497 e. The molecule has 2 aromatic rings. The predicted octanol–water partition coefficient (Wildman–Crippen LogP) is 4.05. The maximum Gasteiger partial charge on any atom is 0.270 e. The number of non-ortho nitro benzene ring substituents is 1. The summed E-state index contributed by atoms with van der Waals surface area (Å²) in [6.07, 6.45) is 1.23. The van der Waals surface area contributed by atoms with Crippen LogP contribution >= 0.6 is 11.6 Å². The summed E-state index contributed by atoms with van der Waals surface area (Å²) in [5.41, 5.74) is 0.116. The largest absolute Gasteiger partial charge is 0.497 e. The Hall–Kier alpha value is -3.17. The standard InChI is InChI=1S/C17H11ClN2O4/c1-24-15-4-2-3-11(9-15)17(21)13(10-19)7-12-8-14(20(22)23)5-6-16(12)18/h2-9H,1H3/b13-7+. The maximum atomic E-state index is 12.5. The number of hydrogen-bond donors (Lipinski definition) is 0. The second-order valence-electron chi connectivity index (χ2n) is 4.69. The number of allylic oxidation sites excluding steroid dienone is 1. The molecule has 0 amide bonds. The highest BCUT2D eigenvalue weighted by Gasteiger charge is 2.15. The molecule has 0 spiro atoms. The van der Waals surface area contributed by atoms with Gasteiger partial charge in [-0.15, -0.1) is 0 Å². The molecular weight excluding hydrogens is 332 g/mol. The first-order chi connectivity index (χ1) is 11.5. The molecule has 0 saturated heterocycles. The highest BCUT2D eigenvalue weighted by molar-refractivity contribution is 6.32. The fourth-order valence-corrected chi connectivity index (χ4v) is 2.15. The molecule has 0 aliphatic rings. The van der Waals surface area contributed by atoms with Crippen molar-refractivity contribution in [3.63, 3.8) is 0 Å². The number of methoxy groups -OCH3 is 1. The van der Waals surface area contributed by atoms with Crippen LogP contribution in [0.15, 0.2) is 48.0 Å². The summed E-state index contributed by atoms with van der Waals surface area (Å²) in [6, 6.07) is 11.9. The molecule has 0 aliphatic carbocycles. The molecule has 7 heteroatoms. The lowest BCUT2D eigenvalue weighted by Gasteiger charge is -2.04. The highest BCUT2D eigenvalue weighted by Crippen LogP contribution is 2.25. The number of ether oxygens (including phenoxy) is 1. The highest BCUT2D eigenvalue weighted by atomic mass is 35.5. The average Bonchev–Trinajstić information content (AvgIpc) is 2.60. The van der Waals surface area contributed by atoms with E-state index in [1.54, 1.807) is 24.3 Å². The van der Waals surface area contributed by atoms with E-state index in [9.17, 15) is 20.2 Å². The van der Waals surface area contributed by atoms with Crippen LogP contribution in [0.3, 0.4) is 0 Å². The van der Waals surface area contributed by atoms with Gasteiger partial charge in [0.15, 0.2) is 0 Å². The van der Waals surface area contributed by atoms with Crippen LogP contribution in [-0.2, 0) is 0 Å². The molecule has 2 rings (SSSR count). The molecule has 0 bridgehead atoms. The van der Waals surface area contributed by atoms with Gasteiger partial charge in [0, 0.05) is 28.3 Å². The van der Waals surface area contributed by atoms with Crippen molar-refractivity contribution in [2.45, 2.75) is 0 Å². The molecule has 0 heterocycles. The summed E-state index contributed by atoms with van der Waals surface area (Å²) in [5, 5.41) is 20.3. The molecule has 6 nitrogen and oxygen atoms in total. The zero-order chi connectivity index (χ0) is 17.7. The molecule has 24 heavy (non-hydrogen) atoms. The Morgan fingerprint density at radius 3 is 2.71 bits per heavy atom. The van der Waals surface area contributed by atoms with E-state index in [1.165, 1.54) is 37.5 Å². The third-order valence-corrected chi connectivity index (χ3v) is 3.53. The molecule has 0 N–H and O–H groups in total. The lowest BCUT2D eigenvalue weighted by atomic mass is 10.0. The first-order valence-corrected chi connectivity index (χ1v) is 7.08. The monoisotopic (exact) mass is 342 g/mol. The first kappa shape index (κ1) is 17.2. The van der Waals surface area contributed by atoms with Gasteiger partial charge in [-0.1, -0.05) is 23.7 Å². The summed E-state index contributed by atoms with van der Waals surface area (Å²) in [7, 11) is 1.47. The van der Waals surface area contributed by atoms with Gasteiger partial charge in [-0.25, -0.2) is 0 Å². The van der Waals surface area contributed by atoms with Crippen LogP contribution in [-0.4, -0.2) is 17.8 Å². The fraction of sp³-hybridized carbons (Fsp3) is 0.0588. The SMILES string of the molecule is COc1cccc(C(=O)/C(C#N)=C/c2cc([N+](=O)[O-])ccc2Cl)c1. The number of ketones is 1. The van der Waals surface area contributed by atoms with Crippen LogP contribution in [0.25, 0.3) is 6.08 Å². The van der Waals surface area contributed by atoms with Crippen LogP contribution in [0.4, 0.5) is 5.69 Å². The molecule has 0 aromatic heterocycles. The normalized spacial score (nSPS) is 10.8. The van der Waals surface area contributed by atoms with E-state index < -0.39 is 10.7 Å². The Bertz CT molecular complexity index is 884. The van der Waals surface area contributed by atoms with E-state index >= 15 is 0 Å². The van der Waals surface area contributed by atoms with Gasteiger partial charge >= 0.3 is 0 Å². The second-order valence-corrected chi connectivity index (χ2v) is 5.10. The number of Topliss-reactive ketones (excluding diaryl/α,β-unsaturated/α-hetero) is 1. The number of nitriles is 1. The van der Waals surface area contributed by atoms with Crippen LogP contribution in [0.1, 0.15) is 15.9 Å². The van der Waals surface area contributed by atoms with Crippen molar-refractivity contribution in [3.8, 4) is 11.8 Å². The van der Waals surface area contributed by atoms with E-state index in [0.29, 0.717) is 5.75 Å². The fourth-order valence-electron chi connectivity index (χ4n) is 1.98. The zero-order valence-electron chi connectivity index (χ0n) is 12.5. The van der Waals surface area contributed by atoms with Gasteiger partial charge in [0.1, 0.15) is 17.4 Å². The Balaban J connectivity index is 2.46. The van der Waals surface area contributed by atoms with Crippen LogP contribution < -0.4 is 4.74 Å². The van der Waals surface area contributed by atoms with Crippen LogP contribution in [0, 0.1) is 21.4 Å². The Kier molecular flexibility index (Phi) is 5.30. The van der Waals surface area contributed by atoms with Crippen molar-refractivity contribution >= 4 is 29.1 Å². The van der Waals surface area contributed by atoms with E-state index in [2.05, 4.69) is 0 Å². The van der Waals surface area contributed by atoms with Gasteiger partial charge in [-0.3, -0.25) is 14.9 Å². The Morgan fingerprint density at radius 1 is 1.33 bits per heavy atom. The predicted molar refractivity (Wildman–Crippen MR) is 89.0 cm³/mol. The Labute approximate surface area is 142 Å². The summed E-state index contributed by atoms with van der Waals surface area (Å²) < 4.78 is 5.05. The molecule has 0 unspecified atom stereocenters. The molecule has 0 atom stereocenters. The number of nitro benzene ring substituents is 1. The summed E-state index contributed by atoms with van der Waals surface area (Å²) in [5.74, 6) is -0.0505. The zero-order valence-corrected chi connectivity index (χ0v) is 13.3. The van der Waals surface area contributed by atoms with E-state index in [1.807, 2.05) is 0 Å². The summed E-state index contributed by atoms with van der Waals surface area (Å²) >= 11 is 5.99. The van der Waals surface area contributed by atoms with Crippen molar-refractivity contribution < 1.29 is 14.5 Å². The van der Waals surface area contributed by atoms with E-state index in [-0.39, 0.29) is 27.4 Å².